The molecule has 0 fully saturated rings. The van der Waals surface area contributed by atoms with Crippen molar-refractivity contribution in [1.29, 1.82) is 0 Å². The van der Waals surface area contributed by atoms with E-state index in [1.54, 1.807) is 11.8 Å². The fourth-order valence-electron chi connectivity index (χ4n) is 1.79. The number of hydrogen-bond donors (Lipinski definition) is 1. The van der Waals surface area contributed by atoms with Crippen LogP contribution in [-0.2, 0) is 23.5 Å². The third-order valence-electron chi connectivity index (χ3n) is 2.49. The predicted octanol–water partition coefficient (Wildman–Crippen LogP) is 1.84. The molecule has 1 aliphatic heterocycles. The quantitative estimate of drug-likeness (QED) is 0.868. The lowest BCUT2D eigenvalue weighted by molar-refractivity contribution is 0.109. The van der Waals surface area contributed by atoms with Gasteiger partial charge in [0.25, 0.3) is 0 Å². The Bertz CT molecular complexity index is 370. The Labute approximate surface area is 100 Å². The van der Waals surface area contributed by atoms with Gasteiger partial charge in [0.15, 0.2) is 0 Å². The molecule has 16 heavy (non-hydrogen) atoms. The standard InChI is InChI=1S/C11H17N3OS/c1-3-12-11-8-6-15-5-4-9(8)13-10(14-11)7-16-2/h3-7H2,1-2H3,(H,12,13,14). The maximum atomic E-state index is 5.46. The van der Waals surface area contributed by atoms with E-state index in [-0.39, 0.29) is 0 Å². The average Bonchev–Trinajstić information content (AvgIpc) is 2.30. The van der Waals surface area contributed by atoms with Gasteiger partial charge in [-0.1, -0.05) is 0 Å². The number of hydrogen-bond acceptors (Lipinski definition) is 5. The van der Waals surface area contributed by atoms with E-state index in [0.29, 0.717) is 6.61 Å². The molecular weight excluding hydrogens is 222 g/mol. The van der Waals surface area contributed by atoms with Crippen molar-refractivity contribution in [3.63, 3.8) is 0 Å². The number of fused-ring (bicyclic) bond motifs is 1. The highest BCUT2D eigenvalue weighted by atomic mass is 32.2. The van der Waals surface area contributed by atoms with Crippen LogP contribution in [0.25, 0.3) is 0 Å². The van der Waals surface area contributed by atoms with Crippen molar-refractivity contribution in [2.75, 3.05) is 24.7 Å². The molecule has 88 valence electrons. The summed E-state index contributed by atoms with van der Waals surface area (Å²) in [7, 11) is 0. The minimum absolute atomic E-state index is 0.636. The van der Waals surface area contributed by atoms with Crippen LogP contribution in [0.2, 0.25) is 0 Å². The van der Waals surface area contributed by atoms with E-state index in [4.69, 9.17) is 4.74 Å². The molecule has 0 bridgehead atoms. The van der Waals surface area contributed by atoms with E-state index >= 15 is 0 Å². The van der Waals surface area contributed by atoms with Gasteiger partial charge in [-0.25, -0.2) is 9.97 Å². The van der Waals surface area contributed by atoms with Gasteiger partial charge < -0.3 is 10.1 Å². The van der Waals surface area contributed by atoms with Crippen LogP contribution in [0.3, 0.4) is 0 Å². The van der Waals surface area contributed by atoms with E-state index in [1.807, 2.05) is 0 Å². The van der Waals surface area contributed by atoms with Crippen molar-refractivity contribution < 1.29 is 4.74 Å². The number of anilines is 1. The summed E-state index contributed by atoms with van der Waals surface area (Å²) >= 11 is 1.75. The number of nitrogens with zero attached hydrogens (tertiary/aromatic N) is 2. The Morgan fingerprint density at radius 2 is 2.31 bits per heavy atom. The molecule has 0 aliphatic carbocycles. The monoisotopic (exact) mass is 239 g/mol. The smallest absolute Gasteiger partial charge is 0.140 e. The lowest BCUT2D eigenvalue weighted by Gasteiger charge is -2.19. The number of rotatable bonds is 4. The molecular formula is C11H17N3OS. The maximum absolute atomic E-state index is 5.46. The first-order valence-corrected chi connectivity index (χ1v) is 6.93. The SMILES string of the molecule is CCNc1nc(CSC)nc2c1COCC2. The molecule has 0 amide bonds. The van der Waals surface area contributed by atoms with Crippen molar-refractivity contribution >= 4 is 17.6 Å². The summed E-state index contributed by atoms with van der Waals surface area (Å²) in [5, 5.41) is 3.29. The molecule has 2 rings (SSSR count). The van der Waals surface area contributed by atoms with Gasteiger partial charge in [0, 0.05) is 18.5 Å². The Kier molecular flexibility index (Phi) is 4.01. The Morgan fingerprint density at radius 3 is 3.06 bits per heavy atom. The molecule has 1 aromatic heterocycles. The first-order chi connectivity index (χ1) is 7.85. The van der Waals surface area contributed by atoms with E-state index in [2.05, 4.69) is 28.5 Å². The summed E-state index contributed by atoms with van der Waals surface area (Å²) < 4.78 is 5.46. The van der Waals surface area contributed by atoms with Crippen LogP contribution in [-0.4, -0.2) is 29.4 Å². The van der Waals surface area contributed by atoms with Crippen molar-refractivity contribution in [1.82, 2.24) is 9.97 Å². The summed E-state index contributed by atoms with van der Waals surface area (Å²) in [6.07, 6.45) is 2.97. The lowest BCUT2D eigenvalue weighted by atomic mass is 10.1. The predicted molar refractivity (Wildman–Crippen MR) is 66.8 cm³/mol. The van der Waals surface area contributed by atoms with Gasteiger partial charge in [-0.2, -0.15) is 11.8 Å². The summed E-state index contributed by atoms with van der Waals surface area (Å²) in [6, 6.07) is 0. The number of nitrogens with one attached hydrogen (secondary N) is 1. The van der Waals surface area contributed by atoms with Gasteiger partial charge in [0.1, 0.15) is 11.6 Å². The number of thioether (sulfide) groups is 1. The topological polar surface area (TPSA) is 47.0 Å². The fourth-order valence-corrected chi connectivity index (χ4v) is 2.18. The fraction of sp³-hybridized carbons (Fsp3) is 0.636. The van der Waals surface area contributed by atoms with E-state index in [0.717, 1.165) is 48.2 Å². The molecule has 1 aliphatic rings. The van der Waals surface area contributed by atoms with E-state index in [9.17, 15) is 0 Å². The Balaban J connectivity index is 2.35. The summed E-state index contributed by atoms with van der Waals surface area (Å²) in [4.78, 5) is 9.14. The minimum Gasteiger partial charge on any atom is -0.376 e. The van der Waals surface area contributed by atoms with Crippen LogP contribution in [0.15, 0.2) is 0 Å². The molecule has 4 nitrogen and oxygen atoms in total. The Morgan fingerprint density at radius 1 is 1.44 bits per heavy atom. The van der Waals surface area contributed by atoms with Gasteiger partial charge in [-0.3, -0.25) is 0 Å². The summed E-state index contributed by atoms with van der Waals surface area (Å²) in [5.41, 5.74) is 2.29. The number of ether oxygens (including phenoxy) is 1. The largest absolute Gasteiger partial charge is 0.376 e. The molecule has 0 saturated carbocycles. The third kappa shape index (κ3) is 2.47. The van der Waals surface area contributed by atoms with Crippen molar-refractivity contribution in [3.05, 3.63) is 17.1 Å². The van der Waals surface area contributed by atoms with Gasteiger partial charge in [-0.15, -0.1) is 0 Å². The normalized spacial score (nSPS) is 14.6. The highest BCUT2D eigenvalue weighted by Crippen LogP contribution is 2.23. The van der Waals surface area contributed by atoms with Crippen LogP contribution in [0.4, 0.5) is 5.82 Å². The lowest BCUT2D eigenvalue weighted by Crippen LogP contribution is -2.17. The molecule has 1 N–H and O–H groups in total. The zero-order valence-corrected chi connectivity index (χ0v) is 10.6. The van der Waals surface area contributed by atoms with Crippen molar-refractivity contribution in [3.8, 4) is 0 Å². The zero-order chi connectivity index (χ0) is 11.4. The highest BCUT2D eigenvalue weighted by Gasteiger charge is 2.17. The van der Waals surface area contributed by atoms with Crippen LogP contribution in [0.1, 0.15) is 24.0 Å². The van der Waals surface area contributed by atoms with E-state index in [1.165, 1.54) is 0 Å². The minimum atomic E-state index is 0.636. The van der Waals surface area contributed by atoms with Crippen molar-refractivity contribution in [2.24, 2.45) is 0 Å². The summed E-state index contributed by atoms with van der Waals surface area (Å²) in [6.45, 7) is 4.36. The molecule has 2 heterocycles. The number of aromatic nitrogens is 2. The molecule has 0 atom stereocenters. The average molecular weight is 239 g/mol. The van der Waals surface area contributed by atoms with Gasteiger partial charge in [-0.05, 0) is 13.2 Å². The molecule has 0 aromatic carbocycles. The van der Waals surface area contributed by atoms with Crippen LogP contribution in [0, 0.1) is 0 Å². The maximum Gasteiger partial charge on any atom is 0.140 e. The van der Waals surface area contributed by atoms with Crippen LogP contribution >= 0.6 is 11.8 Å². The first kappa shape index (κ1) is 11.7. The van der Waals surface area contributed by atoms with Crippen LogP contribution < -0.4 is 5.32 Å². The van der Waals surface area contributed by atoms with Gasteiger partial charge in [0.05, 0.1) is 24.7 Å². The molecule has 0 saturated heterocycles. The highest BCUT2D eigenvalue weighted by molar-refractivity contribution is 7.97. The second kappa shape index (κ2) is 5.50. The second-order valence-corrected chi connectivity index (χ2v) is 4.55. The molecule has 0 radical (unpaired) electrons. The third-order valence-corrected chi connectivity index (χ3v) is 3.03. The molecule has 1 aromatic rings. The summed E-state index contributed by atoms with van der Waals surface area (Å²) in [5.74, 6) is 2.74. The zero-order valence-electron chi connectivity index (χ0n) is 9.75. The molecule has 0 unspecified atom stereocenters. The van der Waals surface area contributed by atoms with E-state index < -0.39 is 0 Å². The first-order valence-electron chi connectivity index (χ1n) is 5.54. The molecule has 0 spiro atoms. The Hall–Kier alpha value is -0.810. The van der Waals surface area contributed by atoms with Gasteiger partial charge >= 0.3 is 0 Å². The second-order valence-electron chi connectivity index (χ2n) is 3.68. The van der Waals surface area contributed by atoms with Crippen LogP contribution in [0.5, 0.6) is 0 Å². The molecule has 5 heteroatoms. The van der Waals surface area contributed by atoms with Crippen molar-refractivity contribution in [2.45, 2.75) is 25.7 Å². The van der Waals surface area contributed by atoms with Gasteiger partial charge in [0.2, 0.25) is 0 Å².